The Morgan fingerprint density at radius 3 is 2.53 bits per heavy atom. The highest BCUT2D eigenvalue weighted by molar-refractivity contribution is 5.50. The molecule has 0 radical (unpaired) electrons. The highest BCUT2D eigenvalue weighted by Gasteiger charge is 2.22. The molecule has 82 valence electrons. The molecule has 1 aliphatic heterocycles. The second-order valence-corrected chi connectivity index (χ2v) is 3.75. The molecule has 0 amide bonds. The van der Waals surface area contributed by atoms with Gasteiger partial charge in [-0.3, -0.25) is 0 Å². The summed E-state index contributed by atoms with van der Waals surface area (Å²) < 4.78 is 10.6. The van der Waals surface area contributed by atoms with E-state index in [0.29, 0.717) is 6.04 Å². The van der Waals surface area contributed by atoms with Gasteiger partial charge in [0.15, 0.2) is 11.5 Å². The van der Waals surface area contributed by atoms with Crippen molar-refractivity contribution in [1.82, 2.24) is 5.32 Å². The number of nitrogens with one attached hydrogen (secondary N) is 1. The molecule has 0 spiro atoms. The molecule has 1 aromatic carbocycles. The predicted octanol–water partition coefficient (Wildman–Crippen LogP) is 2.26. The molecular formula is C12H17NO2. The maximum Gasteiger partial charge on any atom is 0.161 e. The molecule has 1 heterocycles. The number of methoxy groups -OCH3 is 2. The third-order valence-electron chi connectivity index (χ3n) is 2.97. The SMILES string of the molecule is CCC1NCc2cc(OC)c(OC)cc21. The number of ether oxygens (including phenoxy) is 2. The minimum atomic E-state index is 0.458. The molecule has 15 heavy (non-hydrogen) atoms. The Morgan fingerprint density at radius 2 is 1.93 bits per heavy atom. The van der Waals surface area contributed by atoms with E-state index >= 15 is 0 Å². The minimum Gasteiger partial charge on any atom is -0.493 e. The molecule has 1 N–H and O–H groups in total. The Hall–Kier alpha value is -1.22. The first-order valence-corrected chi connectivity index (χ1v) is 5.28. The molecule has 1 aromatic rings. The topological polar surface area (TPSA) is 30.5 Å². The van der Waals surface area contributed by atoms with Crippen LogP contribution in [0.5, 0.6) is 11.5 Å². The molecule has 1 aliphatic rings. The van der Waals surface area contributed by atoms with Gasteiger partial charge < -0.3 is 14.8 Å². The first-order chi connectivity index (χ1) is 7.30. The van der Waals surface area contributed by atoms with Crippen molar-refractivity contribution >= 4 is 0 Å². The summed E-state index contributed by atoms with van der Waals surface area (Å²) in [4.78, 5) is 0. The van der Waals surface area contributed by atoms with Crippen LogP contribution in [0.25, 0.3) is 0 Å². The van der Waals surface area contributed by atoms with Crippen molar-refractivity contribution in [2.45, 2.75) is 25.9 Å². The van der Waals surface area contributed by atoms with Crippen LogP contribution in [0.3, 0.4) is 0 Å². The molecule has 1 unspecified atom stereocenters. The Kier molecular flexibility index (Phi) is 2.82. The van der Waals surface area contributed by atoms with Gasteiger partial charge in [0.1, 0.15) is 0 Å². The Balaban J connectivity index is 2.44. The van der Waals surface area contributed by atoms with Crippen LogP contribution in [0.2, 0.25) is 0 Å². The molecule has 0 aliphatic carbocycles. The van der Waals surface area contributed by atoms with E-state index in [4.69, 9.17) is 9.47 Å². The van der Waals surface area contributed by atoms with Crippen molar-refractivity contribution in [3.8, 4) is 11.5 Å². The Bertz CT molecular complexity index is 363. The molecule has 0 bridgehead atoms. The van der Waals surface area contributed by atoms with E-state index in [1.54, 1.807) is 14.2 Å². The van der Waals surface area contributed by atoms with Crippen LogP contribution in [0.4, 0.5) is 0 Å². The zero-order chi connectivity index (χ0) is 10.8. The van der Waals surface area contributed by atoms with Gasteiger partial charge >= 0.3 is 0 Å². The van der Waals surface area contributed by atoms with Gasteiger partial charge in [-0.05, 0) is 29.7 Å². The monoisotopic (exact) mass is 207 g/mol. The van der Waals surface area contributed by atoms with Crippen molar-refractivity contribution in [3.05, 3.63) is 23.3 Å². The molecule has 2 rings (SSSR count). The number of hydrogen-bond donors (Lipinski definition) is 1. The lowest BCUT2D eigenvalue weighted by atomic mass is 10.0. The number of fused-ring (bicyclic) bond motifs is 1. The van der Waals surface area contributed by atoms with Gasteiger partial charge in [-0.1, -0.05) is 6.92 Å². The lowest BCUT2D eigenvalue weighted by molar-refractivity contribution is 0.354. The summed E-state index contributed by atoms with van der Waals surface area (Å²) in [6, 6.07) is 4.61. The van der Waals surface area contributed by atoms with E-state index in [1.165, 1.54) is 11.1 Å². The maximum absolute atomic E-state index is 5.30. The fourth-order valence-corrected chi connectivity index (χ4v) is 2.12. The summed E-state index contributed by atoms with van der Waals surface area (Å²) >= 11 is 0. The predicted molar refractivity (Wildman–Crippen MR) is 59.4 cm³/mol. The van der Waals surface area contributed by atoms with Gasteiger partial charge in [0.25, 0.3) is 0 Å². The molecule has 0 saturated heterocycles. The summed E-state index contributed by atoms with van der Waals surface area (Å²) in [7, 11) is 3.34. The van der Waals surface area contributed by atoms with Gasteiger partial charge in [-0.2, -0.15) is 0 Å². The van der Waals surface area contributed by atoms with Crippen molar-refractivity contribution in [2.24, 2.45) is 0 Å². The van der Waals surface area contributed by atoms with Crippen LogP contribution in [0.1, 0.15) is 30.5 Å². The summed E-state index contributed by atoms with van der Waals surface area (Å²) in [6.45, 7) is 3.11. The second-order valence-electron chi connectivity index (χ2n) is 3.75. The molecule has 1 atom stereocenters. The maximum atomic E-state index is 5.30. The molecule has 0 aromatic heterocycles. The van der Waals surface area contributed by atoms with Gasteiger partial charge in [-0.15, -0.1) is 0 Å². The van der Waals surface area contributed by atoms with E-state index in [2.05, 4.69) is 24.4 Å². The van der Waals surface area contributed by atoms with Crippen molar-refractivity contribution in [3.63, 3.8) is 0 Å². The van der Waals surface area contributed by atoms with Crippen molar-refractivity contribution in [1.29, 1.82) is 0 Å². The third-order valence-corrected chi connectivity index (χ3v) is 2.97. The molecule has 0 fully saturated rings. The fourth-order valence-electron chi connectivity index (χ4n) is 2.12. The lowest BCUT2D eigenvalue weighted by Crippen LogP contribution is -2.10. The lowest BCUT2D eigenvalue weighted by Gasteiger charge is -2.12. The van der Waals surface area contributed by atoms with Gasteiger partial charge in [0.05, 0.1) is 14.2 Å². The highest BCUT2D eigenvalue weighted by atomic mass is 16.5. The number of rotatable bonds is 3. The summed E-state index contributed by atoms with van der Waals surface area (Å²) in [6.07, 6.45) is 1.10. The average Bonchev–Trinajstić information content (AvgIpc) is 2.68. The Morgan fingerprint density at radius 1 is 1.27 bits per heavy atom. The zero-order valence-corrected chi connectivity index (χ0v) is 9.46. The van der Waals surface area contributed by atoms with Crippen molar-refractivity contribution < 1.29 is 9.47 Å². The average molecular weight is 207 g/mol. The van der Waals surface area contributed by atoms with Gasteiger partial charge in [-0.25, -0.2) is 0 Å². The molecule has 0 saturated carbocycles. The third kappa shape index (κ3) is 1.67. The smallest absolute Gasteiger partial charge is 0.161 e. The van der Waals surface area contributed by atoms with Crippen LogP contribution in [-0.4, -0.2) is 14.2 Å². The van der Waals surface area contributed by atoms with Crippen molar-refractivity contribution in [2.75, 3.05) is 14.2 Å². The second kappa shape index (κ2) is 4.11. The Labute approximate surface area is 90.4 Å². The standard InChI is InChI=1S/C12H17NO2/c1-4-10-9-6-12(15-3)11(14-2)5-8(9)7-13-10/h5-6,10,13H,4,7H2,1-3H3. The quantitative estimate of drug-likeness (QED) is 0.824. The molecule has 3 heteroatoms. The summed E-state index contributed by atoms with van der Waals surface area (Å²) in [5.74, 6) is 1.63. The fraction of sp³-hybridized carbons (Fsp3) is 0.500. The van der Waals surface area contributed by atoms with E-state index in [1.807, 2.05) is 0 Å². The molecule has 3 nitrogen and oxygen atoms in total. The van der Waals surface area contributed by atoms with Gasteiger partial charge in [0.2, 0.25) is 0 Å². The van der Waals surface area contributed by atoms with E-state index in [9.17, 15) is 0 Å². The van der Waals surface area contributed by atoms with Crippen LogP contribution in [-0.2, 0) is 6.54 Å². The van der Waals surface area contributed by atoms with Crippen LogP contribution >= 0.6 is 0 Å². The first kappa shape index (κ1) is 10.3. The number of benzene rings is 1. The normalized spacial score (nSPS) is 18.7. The number of hydrogen-bond acceptors (Lipinski definition) is 3. The van der Waals surface area contributed by atoms with Crippen LogP contribution in [0, 0.1) is 0 Å². The minimum absolute atomic E-state index is 0.458. The first-order valence-electron chi connectivity index (χ1n) is 5.28. The summed E-state index contributed by atoms with van der Waals surface area (Å²) in [5, 5.41) is 3.46. The van der Waals surface area contributed by atoms with E-state index in [0.717, 1.165) is 24.5 Å². The summed E-state index contributed by atoms with van der Waals surface area (Å²) in [5.41, 5.74) is 2.66. The van der Waals surface area contributed by atoms with E-state index < -0.39 is 0 Å². The highest BCUT2D eigenvalue weighted by Crippen LogP contribution is 2.37. The zero-order valence-electron chi connectivity index (χ0n) is 9.46. The van der Waals surface area contributed by atoms with E-state index in [-0.39, 0.29) is 0 Å². The largest absolute Gasteiger partial charge is 0.493 e. The van der Waals surface area contributed by atoms with Gasteiger partial charge in [0, 0.05) is 12.6 Å². The molecular weight excluding hydrogens is 190 g/mol. The van der Waals surface area contributed by atoms with Crippen LogP contribution in [0.15, 0.2) is 12.1 Å². The van der Waals surface area contributed by atoms with Crippen LogP contribution < -0.4 is 14.8 Å².